The molecule has 0 spiro atoms. The van der Waals surface area contributed by atoms with Crippen molar-refractivity contribution in [2.45, 2.75) is 19.4 Å². The average Bonchev–Trinajstić information content (AvgIpc) is 1.82. The number of primary amides is 1. The van der Waals surface area contributed by atoms with E-state index < -0.39 is 6.03 Å². The highest BCUT2D eigenvalue weighted by Gasteiger charge is 2.02. The average molecular weight is 145 g/mol. The van der Waals surface area contributed by atoms with E-state index in [0.29, 0.717) is 6.54 Å². The standard InChI is InChI=1S/C6H15N3O/c1-5(7)3-4-9(2)6(8)10/h5H,3-4,7H2,1-2H3,(H2,8,10). The maximum absolute atomic E-state index is 10.4. The van der Waals surface area contributed by atoms with Crippen molar-refractivity contribution in [1.29, 1.82) is 0 Å². The van der Waals surface area contributed by atoms with Gasteiger partial charge in [-0.1, -0.05) is 0 Å². The van der Waals surface area contributed by atoms with Crippen LogP contribution in [0.25, 0.3) is 0 Å². The normalized spacial score (nSPS) is 12.7. The molecule has 10 heavy (non-hydrogen) atoms. The predicted octanol–water partition coefficient (Wildman–Crippen LogP) is -0.266. The smallest absolute Gasteiger partial charge is 0.314 e. The largest absolute Gasteiger partial charge is 0.351 e. The van der Waals surface area contributed by atoms with Gasteiger partial charge < -0.3 is 16.4 Å². The summed E-state index contributed by atoms with van der Waals surface area (Å²) in [6.07, 6.45) is 0.791. The molecule has 0 aromatic carbocycles. The molecule has 0 aliphatic carbocycles. The molecule has 0 aliphatic heterocycles. The summed E-state index contributed by atoms with van der Waals surface area (Å²) < 4.78 is 0. The fraction of sp³-hybridized carbons (Fsp3) is 0.833. The molecule has 0 heterocycles. The third-order valence-electron chi connectivity index (χ3n) is 1.30. The number of carbonyl (C=O) groups excluding carboxylic acids is 1. The highest BCUT2D eigenvalue weighted by Crippen LogP contribution is 1.89. The number of nitrogens with two attached hydrogens (primary N) is 2. The molecule has 0 saturated carbocycles. The number of hydrogen-bond acceptors (Lipinski definition) is 2. The molecular weight excluding hydrogens is 130 g/mol. The summed E-state index contributed by atoms with van der Waals surface area (Å²) in [7, 11) is 1.66. The third-order valence-corrected chi connectivity index (χ3v) is 1.30. The summed E-state index contributed by atoms with van der Waals surface area (Å²) in [6, 6.07) is -0.276. The molecular formula is C6H15N3O. The van der Waals surface area contributed by atoms with E-state index in [0.717, 1.165) is 6.42 Å². The van der Waals surface area contributed by atoms with Crippen LogP contribution in [0.3, 0.4) is 0 Å². The van der Waals surface area contributed by atoms with Crippen LogP contribution in [0.1, 0.15) is 13.3 Å². The Kier molecular flexibility index (Phi) is 3.79. The number of hydrogen-bond donors (Lipinski definition) is 2. The Morgan fingerprint density at radius 3 is 2.50 bits per heavy atom. The van der Waals surface area contributed by atoms with Crippen LogP contribution in [0.2, 0.25) is 0 Å². The molecule has 0 saturated heterocycles. The van der Waals surface area contributed by atoms with Gasteiger partial charge in [0.1, 0.15) is 0 Å². The number of urea groups is 1. The minimum Gasteiger partial charge on any atom is -0.351 e. The van der Waals surface area contributed by atoms with E-state index in [1.165, 1.54) is 4.90 Å². The Labute approximate surface area is 61.2 Å². The zero-order valence-electron chi connectivity index (χ0n) is 6.50. The summed E-state index contributed by atoms with van der Waals surface area (Å²) >= 11 is 0. The van der Waals surface area contributed by atoms with Gasteiger partial charge in [0, 0.05) is 19.6 Å². The highest BCUT2D eigenvalue weighted by molar-refractivity contribution is 5.71. The number of carbonyl (C=O) groups is 1. The Balaban J connectivity index is 3.40. The number of rotatable bonds is 3. The Bertz CT molecular complexity index is 114. The molecule has 4 N–H and O–H groups in total. The van der Waals surface area contributed by atoms with Gasteiger partial charge in [-0.05, 0) is 13.3 Å². The fourth-order valence-electron chi connectivity index (χ4n) is 0.507. The van der Waals surface area contributed by atoms with E-state index >= 15 is 0 Å². The Morgan fingerprint density at radius 2 is 2.20 bits per heavy atom. The molecule has 1 unspecified atom stereocenters. The number of nitrogens with zero attached hydrogens (tertiary/aromatic N) is 1. The minimum atomic E-state index is -0.402. The second kappa shape index (κ2) is 4.11. The van der Waals surface area contributed by atoms with Crippen LogP contribution in [-0.4, -0.2) is 30.6 Å². The lowest BCUT2D eigenvalue weighted by Crippen LogP contribution is -2.35. The predicted molar refractivity (Wildman–Crippen MR) is 40.5 cm³/mol. The van der Waals surface area contributed by atoms with Gasteiger partial charge in [0.25, 0.3) is 0 Å². The van der Waals surface area contributed by atoms with Gasteiger partial charge in [0.15, 0.2) is 0 Å². The van der Waals surface area contributed by atoms with E-state index in [1.54, 1.807) is 7.05 Å². The lowest BCUT2D eigenvalue weighted by atomic mass is 10.2. The van der Waals surface area contributed by atoms with Crippen LogP contribution in [-0.2, 0) is 0 Å². The summed E-state index contributed by atoms with van der Waals surface area (Å²) in [5.41, 5.74) is 10.4. The van der Waals surface area contributed by atoms with Crippen LogP contribution in [0.15, 0.2) is 0 Å². The first-order chi connectivity index (χ1) is 4.54. The first kappa shape index (κ1) is 9.23. The van der Waals surface area contributed by atoms with Crippen LogP contribution in [0.5, 0.6) is 0 Å². The quantitative estimate of drug-likeness (QED) is 0.574. The fourth-order valence-corrected chi connectivity index (χ4v) is 0.507. The zero-order chi connectivity index (χ0) is 8.15. The lowest BCUT2D eigenvalue weighted by molar-refractivity contribution is 0.217. The zero-order valence-corrected chi connectivity index (χ0v) is 6.50. The van der Waals surface area contributed by atoms with Crippen LogP contribution >= 0.6 is 0 Å². The molecule has 0 aromatic rings. The van der Waals surface area contributed by atoms with Crippen molar-refractivity contribution in [1.82, 2.24) is 4.90 Å². The Morgan fingerprint density at radius 1 is 1.70 bits per heavy atom. The van der Waals surface area contributed by atoms with Crippen LogP contribution in [0, 0.1) is 0 Å². The van der Waals surface area contributed by atoms with Crippen molar-refractivity contribution in [2.75, 3.05) is 13.6 Å². The molecule has 60 valence electrons. The molecule has 0 radical (unpaired) electrons. The van der Waals surface area contributed by atoms with Crippen LogP contribution < -0.4 is 11.5 Å². The highest BCUT2D eigenvalue weighted by atomic mass is 16.2. The van der Waals surface area contributed by atoms with Crippen LogP contribution in [0.4, 0.5) is 4.79 Å². The topological polar surface area (TPSA) is 72.3 Å². The summed E-state index contributed by atoms with van der Waals surface area (Å²) in [5.74, 6) is 0. The van der Waals surface area contributed by atoms with Crippen molar-refractivity contribution in [3.05, 3.63) is 0 Å². The summed E-state index contributed by atoms with van der Waals surface area (Å²) in [4.78, 5) is 11.9. The van der Waals surface area contributed by atoms with Gasteiger partial charge >= 0.3 is 6.03 Å². The van der Waals surface area contributed by atoms with Crippen molar-refractivity contribution >= 4 is 6.03 Å². The van der Waals surface area contributed by atoms with Gasteiger partial charge in [-0.15, -0.1) is 0 Å². The molecule has 1 atom stereocenters. The van der Waals surface area contributed by atoms with Gasteiger partial charge in [-0.2, -0.15) is 0 Å². The van der Waals surface area contributed by atoms with Crippen molar-refractivity contribution in [3.63, 3.8) is 0 Å². The molecule has 0 bridgehead atoms. The first-order valence-electron chi connectivity index (χ1n) is 3.30. The van der Waals surface area contributed by atoms with Crippen molar-refractivity contribution in [2.24, 2.45) is 11.5 Å². The van der Waals surface area contributed by atoms with E-state index in [4.69, 9.17) is 11.5 Å². The summed E-state index contributed by atoms with van der Waals surface area (Å²) in [6.45, 7) is 2.53. The van der Waals surface area contributed by atoms with Gasteiger partial charge in [-0.3, -0.25) is 0 Å². The number of amides is 2. The maximum Gasteiger partial charge on any atom is 0.314 e. The van der Waals surface area contributed by atoms with Gasteiger partial charge in [-0.25, -0.2) is 4.79 Å². The van der Waals surface area contributed by atoms with Crippen molar-refractivity contribution in [3.8, 4) is 0 Å². The molecule has 0 aromatic heterocycles. The molecule has 0 aliphatic rings. The molecule has 0 fully saturated rings. The molecule has 2 amide bonds. The molecule has 4 nitrogen and oxygen atoms in total. The van der Waals surface area contributed by atoms with Crippen molar-refractivity contribution < 1.29 is 4.79 Å². The first-order valence-corrected chi connectivity index (χ1v) is 3.30. The van der Waals surface area contributed by atoms with Gasteiger partial charge in [0.05, 0.1) is 0 Å². The monoisotopic (exact) mass is 145 g/mol. The van der Waals surface area contributed by atoms with E-state index in [9.17, 15) is 4.79 Å². The minimum absolute atomic E-state index is 0.127. The second-order valence-corrected chi connectivity index (χ2v) is 2.53. The maximum atomic E-state index is 10.4. The lowest BCUT2D eigenvalue weighted by Gasteiger charge is -2.14. The molecule has 0 rings (SSSR count). The SMILES string of the molecule is CC(N)CCN(C)C(N)=O. The van der Waals surface area contributed by atoms with E-state index in [1.807, 2.05) is 6.92 Å². The van der Waals surface area contributed by atoms with E-state index in [-0.39, 0.29) is 6.04 Å². The van der Waals surface area contributed by atoms with Gasteiger partial charge in [0.2, 0.25) is 0 Å². The second-order valence-electron chi connectivity index (χ2n) is 2.53. The summed E-state index contributed by atoms with van der Waals surface area (Å²) in [5, 5.41) is 0. The third kappa shape index (κ3) is 4.14. The molecule has 4 heteroatoms. The Hall–Kier alpha value is -0.770. The van der Waals surface area contributed by atoms with E-state index in [2.05, 4.69) is 0 Å².